The van der Waals surface area contributed by atoms with E-state index in [-0.39, 0.29) is 6.54 Å². The first-order valence-corrected chi connectivity index (χ1v) is 11.2. The largest absolute Gasteiger partial charge is 0.457 e. The molecule has 0 saturated heterocycles. The normalized spacial score (nSPS) is 10.9. The number of alkyl halides is 4. The molecule has 0 radical (unpaired) electrons. The van der Waals surface area contributed by atoms with Crippen molar-refractivity contribution in [2.24, 2.45) is 0 Å². The van der Waals surface area contributed by atoms with E-state index in [1.165, 1.54) is 4.90 Å². The number of hydrogen-bond acceptors (Lipinski definition) is 4. The molecule has 0 heterocycles. The number of carbonyl (C=O) groups is 2. The second-order valence-corrected chi connectivity index (χ2v) is 8.48. The highest BCUT2D eigenvalue weighted by Gasteiger charge is 2.22. The monoisotopic (exact) mass is 506 g/mol. The van der Waals surface area contributed by atoms with Crippen LogP contribution in [-0.4, -0.2) is 46.1 Å². The average molecular weight is 508 g/mol. The lowest BCUT2D eigenvalue weighted by Crippen LogP contribution is -2.37. The van der Waals surface area contributed by atoms with Crippen LogP contribution in [0.15, 0.2) is 48.5 Å². The van der Waals surface area contributed by atoms with E-state index in [0.717, 1.165) is 0 Å². The average Bonchev–Trinajstić information content (AvgIpc) is 2.74. The van der Waals surface area contributed by atoms with Gasteiger partial charge in [-0.1, -0.05) is 70.7 Å². The molecule has 2 aromatic rings. The summed E-state index contributed by atoms with van der Waals surface area (Å²) in [5.74, 6) is -0.000251. The Morgan fingerprint density at radius 3 is 2.35 bits per heavy atom. The van der Waals surface area contributed by atoms with Crippen LogP contribution in [0.4, 0.5) is 5.69 Å². The number of amides is 2. The van der Waals surface area contributed by atoms with Crippen molar-refractivity contribution in [3.63, 3.8) is 0 Å². The molecule has 0 fully saturated rings. The van der Waals surface area contributed by atoms with Crippen LogP contribution in [0.2, 0.25) is 0 Å². The van der Waals surface area contributed by atoms with Gasteiger partial charge in [-0.3, -0.25) is 9.59 Å². The van der Waals surface area contributed by atoms with Crippen molar-refractivity contribution in [2.75, 3.05) is 25.1 Å². The summed E-state index contributed by atoms with van der Waals surface area (Å²) in [4.78, 5) is 23.4. The van der Waals surface area contributed by atoms with E-state index < -0.39 is 21.5 Å². The van der Waals surface area contributed by atoms with Gasteiger partial charge in [-0.25, -0.2) is 0 Å². The van der Waals surface area contributed by atoms with Crippen LogP contribution in [0.5, 0.6) is 11.5 Å². The van der Waals surface area contributed by atoms with Gasteiger partial charge in [0.15, 0.2) is 9.67 Å². The van der Waals surface area contributed by atoms with Gasteiger partial charge in [-0.2, -0.15) is 0 Å². The molecule has 6 nitrogen and oxygen atoms in total. The molecule has 0 aliphatic heterocycles. The van der Waals surface area contributed by atoms with Crippen molar-refractivity contribution in [3.8, 4) is 11.5 Å². The van der Waals surface area contributed by atoms with Crippen molar-refractivity contribution < 1.29 is 19.1 Å². The van der Waals surface area contributed by atoms with E-state index in [4.69, 9.17) is 55.9 Å². The maximum Gasteiger partial charge on any atom is 0.257 e. The van der Waals surface area contributed by atoms with Crippen LogP contribution >= 0.6 is 46.4 Å². The minimum Gasteiger partial charge on any atom is -0.457 e. The van der Waals surface area contributed by atoms with Gasteiger partial charge in [0, 0.05) is 37.0 Å². The van der Waals surface area contributed by atoms with Crippen LogP contribution in [0, 0.1) is 0 Å². The van der Waals surface area contributed by atoms with Gasteiger partial charge in [0.2, 0.25) is 0 Å². The number of halogens is 4. The van der Waals surface area contributed by atoms with Crippen molar-refractivity contribution >= 4 is 63.9 Å². The first-order chi connectivity index (χ1) is 14.8. The van der Waals surface area contributed by atoms with Crippen molar-refractivity contribution in [2.45, 2.75) is 23.1 Å². The SMILES string of the molecule is CCOCCN(Cc1ccc(NC(=O)C(Cl)Cl)cc1Oc1ccccc1)C(=O)C(Cl)Cl. The van der Waals surface area contributed by atoms with E-state index in [9.17, 15) is 9.59 Å². The smallest absolute Gasteiger partial charge is 0.257 e. The number of nitrogens with zero attached hydrogens (tertiary/aromatic N) is 1. The molecule has 2 rings (SSSR count). The third kappa shape index (κ3) is 8.39. The molecule has 0 spiro atoms. The topological polar surface area (TPSA) is 67.9 Å². The zero-order chi connectivity index (χ0) is 22.8. The number of carbonyl (C=O) groups excluding carboxylic acids is 2. The van der Waals surface area contributed by atoms with Gasteiger partial charge in [-0.05, 0) is 25.1 Å². The molecule has 0 aromatic heterocycles. The lowest BCUT2D eigenvalue weighted by atomic mass is 10.1. The Hall–Kier alpha value is -1.70. The quantitative estimate of drug-likeness (QED) is 0.327. The van der Waals surface area contributed by atoms with Crippen molar-refractivity contribution in [1.29, 1.82) is 0 Å². The standard InChI is InChI=1S/C21H22Cl4N2O4/c1-2-30-11-10-27(21(29)19(24)25)13-14-8-9-15(26-20(28)18(22)23)12-17(14)31-16-6-4-3-5-7-16/h3-9,12,18-19H,2,10-11,13H2,1H3,(H,26,28). The summed E-state index contributed by atoms with van der Waals surface area (Å²) < 4.78 is 11.4. The van der Waals surface area contributed by atoms with Gasteiger partial charge in [0.1, 0.15) is 11.5 Å². The number of ether oxygens (including phenoxy) is 2. The van der Waals surface area contributed by atoms with Gasteiger partial charge >= 0.3 is 0 Å². The molecule has 168 valence electrons. The second kappa shape index (κ2) is 13.0. The van der Waals surface area contributed by atoms with Crippen LogP contribution in [-0.2, 0) is 20.9 Å². The van der Waals surface area contributed by atoms with Crippen LogP contribution in [0.1, 0.15) is 12.5 Å². The molecule has 0 aliphatic rings. The minimum atomic E-state index is -1.21. The number of anilines is 1. The predicted molar refractivity (Wildman–Crippen MR) is 124 cm³/mol. The van der Waals surface area contributed by atoms with E-state index >= 15 is 0 Å². The van der Waals surface area contributed by atoms with Crippen LogP contribution in [0.25, 0.3) is 0 Å². The fraction of sp³-hybridized carbons (Fsp3) is 0.333. The molecule has 2 amide bonds. The Morgan fingerprint density at radius 1 is 1.03 bits per heavy atom. The zero-order valence-corrected chi connectivity index (χ0v) is 19.7. The highest BCUT2D eigenvalue weighted by molar-refractivity contribution is 6.54. The third-order valence-electron chi connectivity index (χ3n) is 4.07. The molecule has 2 aromatic carbocycles. The summed E-state index contributed by atoms with van der Waals surface area (Å²) in [6, 6.07) is 14.1. The first-order valence-electron chi connectivity index (χ1n) is 9.41. The number of para-hydroxylation sites is 1. The van der Waals surface area contributed by atoms with Crippen LogP contribution in [0.3, 0.4) is 0 Å². The summed E-state index contributed by atoms with van der Waals surface area (Å²) in [6.45, 7) is 3.19. The molecule has 0 bridgehead atoms. The summed E-state index contributed by atoms with van der Waals surface area (Å²) in [6.07, 6.45) is 0. The minimum absolute atomic E-state index is 0.172. The number of benzene rings is 2. The summed E-state index contributed by atoms with van der Waals surface area (Å²) in [5.41, 5.74) is 1.11. The lowest BCUT2D eigenvalue weighted by Gasteiger charge is -2.24. The zero-order valence-electron chi connectivity index (χ0n) is 16.7. The molecule has 1 N–H and O–H groups in total. The number of nitrogens with one attached hydrogen (secondary N) is 1. The summed E-state index contributed by atoms with van der Waals surface area (Å²) >= 11 is 22.9. The Bertz CT molecular complexity index is 866. The molecular formula is C21H22Cl4N2O4. The number of hydrogen-bond donors (Lipinski definition) is 1. The van der Waals surface area contributed by atoms with Gasteiger partial charge in [0.05, 0.1) is 6.61 Å². The number of rotatable bonds is 11. The van der Waals surface area contributed by atoms with E-state index in [1.54, 1.807) is 30.3 Å². The molecule has 0 saturated carbocycles. The summed E-state index contributed by atoms with van der Waals surface area (Å²) in [7, 11) is 0. The van der Waals surface area contributed by atoms with E-state index in [1.807, 2.05) is 25.1 Å². The Kier molecular flexibility index (Phi) is 10.7. The van der Waals surface area contributed by atoms with Gasteiger partial charge in [0.25, 0.3) is 11.8 Å². The third-order valence-corrected chi connectivity index (χ3v) is 4.84. The maximum absolute atomic E-state index is 12.5. The van der Waals surface area contributed by atoms with Gasteiger partial charge < -0.3 is 19.7 Å². The predicted octanol–water partition coefficient (Wildman–Crippen LogP) is 5.39. The fourth-order valence-corrected chi connectivity index (χ4v) is 2.99. The second-order valence-electron chi connectivity index (χ2n) is 6.28. The Balaban J connectivity index is 2.33. The Labute approximate surface area is 201 Å². The lowest BCUT2D eigenvalue weighted by molar-refractivity contribution is -0.130. The fourth-order valence-electron chi connectivity index (χ4n) is 2.60. The van der Waals surface area contributed by atoms with Crippen molar-refractivity contribution in [3.05, 3.63) is 54.1 Å². The van der Waals surface area contributed by atoms with Crippen LogP contribution < -0.4 is 10.1 Å². The molecule has 31 heavy (non-hydrogen) atoms. The highest BCUT2D eigenvalue weighted by atomic mass is 35.5. The molecular weight excluding hydrogens is 486 g/mol. The first kappa shape index (κ1) is 25.6. The highest BCUT2D eigenvalue weighted by Crippen LogP contribution is 2.30. The Morgan fingerprint density at radius 2 is 1.74 bits per heavy atom. The van der Waals surface area contributed by atoms with Crippen molar-refractivity contribution in [1.82, 2.24) is 4.90 Å². The summed E-state index contributed by atoms with van der Waals surface area (Å²) in [5, 5.41) is 2.61. The molecule has 0 unspecified atom stereocenters. The van der Waals surface area contributed by atoms with E-state index in [2.05, 4.69) is 5.32 Å². The molecule has 0 atom stereocenters. The van der Waals surface area contributed by atoms with E-state index in [0.29, 0.717) is 42.5 Å². The van der Waals surface area contributed by atoms with Gasteiger partial charge in [-0.15, -0.1) is 0 Å². The molecule has 10 heteroatoms. The molecule has 0 aliphatic carbocycles. The maximum atomic E-state index is 12.5.